The molecule has 8 nitrogen and oxygen atoms in total. The standard InChI is InChI=1S/C26H34N6O2S/c1-5-6-7-8-9-10-11-17-12-16(13-18-19(17)15-32(23(18)33)26(2,3)4)14-31-22-20(28-25(31)34)21(27)29-24(35)30-22/h9-10,12-13H,5-8,11,14-15H2,1-4H3,(H,28,34)(H3,27,29,30,35)/b10-9+. The number of benzene rings is 1. The number of amides is 1. The SMILES string of the molecule is CCCCC/C=C/Cc1cc(Cn2c(=O)[nH]c3c(N)[nH]c(=S)nc32)cc2c1CN(C(C)(C)C)C2=O. The van der Waals surface area contributed by atoms with Crippen molar-refractivity contribution in [2.24, 2.45) is 0 Å². The lowest BCUT2D eigenvalue weighted by Crippen LogP contribution is -2.41. The zero-order chi connectivity index (χ0) is 25.3. The normalized spacial score (nSPS) is 13.9. The fourth-order valence-electron chi connectivity index (χ4n) is 4.60. The molecule has 0 unspecified atom stereocenters. The number of nitrogens with zero attached hydrogens (tertiary/aromatic N) is 3. The highest BCUT2D eigenvalue weighted by atomic mass is 32.1. The van der Waals surface area contributed by atoms with Crippen LogP contribution in [-0.4, -0.2) is 35.9 Å². The number of anilines is 1. The van der Waals surface area contributed by atoms with Crippen molar-refractivity contribution in [1.29, 1.82) is 0 Å². The number of H-pyrrole nitrogens is 2. The van der Waals surface area contributed by atoms with E-state index < -0.39 is 0 Å². The van der Waals surface area contributed by atoms with E-state index in [2.05, 4.69) is 60.9 Å². The van der Waals surface area contributed by atoms with E-state index in [9.17, 15) is 9.59 Å². The highest BCUT2D eigenvalue weighted by Gasteiger charge is 2.36. The number of nitrogens with two attached hydrogens (primary N) is 1. The topological polar surface area (TPSA) is 113 Å². The highest BCUT2D eigenvalue weighted by molar-refractivity contribution is 7.71. The molecule has 1 amide bonds. The minimum Gasteiger partial charge on any atom is -0.383 e. The molecular weight excluding hydrogens is 460 g/mol. The molecule has 0 saturated carbocycles. The third-order valence-corrected chi connectivity index (χ3v) is 6.69. The van der Waals surface area contributed by atoms with Crippen LogP contribution in [0.5, 0.6) is 0 Å². The fourth-order valence-corrected chi connectivity index (χ4v) is 4.80. The molecule has 4 N–H and O–H groups in total. The number of unbranched alkanes of at least 4 members (excludes halogenated alkanes) is 3. The van der Waals surface area contributed by atoms with Crippen LogP contribution in [0.1, 0.15) is 80.4 Å². The summed E-state index contributed by atoms with van der Waals surface area (Å²) < 4.78 is 1.73. The summed E-state index contributed by atoms with van der Waals surface area (Å²) >= 11 is 5.16. The van der Waals surface area contributed by atoms with Crippen LogP contribution >= 0.6 is 12.2 Å². The molecular formula is C26H34N6O2S. The van der Waals surface area contributed by atoms with Crippen LogP contribution < -0.4 is 11.4 Å². The molecule has 186 valence electrons. The molecule has 0 aliphatic carbocycles. The van der Waals surface area contributed by atoms with E-state index in [-0.39, 0.29) is 34.3 Å². The number of fused-ring (bicyclic) bond motifs is 2. The smallest absolute Gasteiger partial charge is 0.328 e. The van der Waals surface area contributed by atoms with E-state index in [0.29, 0.717) is 23.3 Å². The number of hydrogen-bond donors (Lipinski definition) is 3. The van der Waals surface area contributed by atoms with E-state index in [1.54, 1.807) is 0 Å². The summed E-state index contributed by atoms with van der Waals surface area (Å²) in [6.45, 7) is 9.21. The Labute approximate surface area is 210 Å². The molecule has 0 atom stereocenters. The van der Waals surface area contributed by atoms with Gasteiger partial charge in [-0.3, -0.25) is 9.36 Å². The zero-order valence-electron chi connectivity index (χ0n) is 20.9. The van der Waals surface area contributed by atoms with E-state index in [1.165, 1.54) is 23.8 Å². The molecule has 35 heavy (non-hydrogen) atoms. The van der Waals surface area contributed by atoms with Gasteiger partial charge in [0.15, 0.2) is 10.4 Å². The lowest BCUT2D eigenvalue weighted by atomic mass is 9.96. The number of nitrogens with one attached hydrogen (secondary N) is 2. The molecule has 0 spiro atoms. The number of nitrogen functional groups attached to an aromatic ring is 1. The molecule has 1 aliphatic heterocycles. The number of imidazole rings is 1. The molecule has 1 aromatic carbocycles. The van der Waals surface area contributed by atoms with Crippen LogP contribution in [0.2, 0.25) is 0 Å². The van der Waals surface area contributed by atoms with Crippen molar-refractivity contribution in [3.63, 3.8) is 0 Å². The largest absolute Gasteiger partial charge is 0.383 e. The lowest BCUT2D eigenvalue weighted by molar-refractivity contribution is 0.0609. The maximum absolute atomic E-state index is 13.4. The molecule has 0 bridgehead atoms. The Bertz CT molecular complexity index is 1410. The number of carbonyl (C=O) groups is 1. The summed E-state index contributed by atoms with van der Waals surface area (Å²) in [6, 6.07) is 4.02. The second kappa shape index (κ2) is 9.81. The van der Waals surface area contributed by atoms with E-state index >= 15 is 0 Å². The maximum Gasteiger partial charge on any atom is 0.328 e. The predicted molar refractivity (Wildman–Crippen MR) is 142 cm³/mol. The first kappa shape index (κ1) is 24.9. The number of aromatic amines is 2. The second-order valence-corrected chi connectivity index (χ2v) is 10.6. The van der Waals surface area contributed by atoms with Gasteiger partial charge in [0.1, 0.15) is 11.3 Å². The Morgan fingerprint density at radius 2 is 1.94 bits per heavy atom. The van der Waals surface area contributed by atoms with Crippen molar-refractivity contribution in [3.05, 3.63) is 61.8 Å². The lowest BCUT2D eigenvalue weighted by Gasteiger charge is -2.31. The van der Waals surface area contributed by atoms with Crippen LogP contribution in [0.3, 0.4) is 0 Å². The highest BCUT2D eigenvalue weighted by Crippen LogP contribution is 2.33. The average molecular weight is 495 g/mol. The van der Waals surface area contributed by atoms with Crippen molar-refractivity contribution in [3.8, 4) is 0 Å². The van der Waals surface area contributed by atoms with E-state index in [0.717, 1.165) is 29.5 Å². The first-order valence-electron chi connectivity index (χ1n) is 12.2. The quantitative estimate of drug-likeness (QED) is 0.235. The molecule has 0 saturated heterocycles. The Balaban J connectivity index is 1.73. The number of hydrogen-bond acceptors (Lipinski definition) is 5. The number of carbonyl (C=O) groups excluding carboxylic acids is 1. The number of allylic oxidation sites excluding steroid dienone is 2. The number of rotatable bonds is 8. The Morgan fingerprint density at radius 3 is 2.66 bits per heavy atom. The fraction of sp³-hybridized carbons (Fsp3) is 0.462. The van der Waals surface area contributed by atoms with Crippen molar-refractivity contribution < 1.29 is 4.79 Å². The summed E-state index contributed by atoms with van der Waals surface area (Å²) in [4.78, 5) is 37.9. The van der Waals surface area contributed by atoms with Crippen molar-refractivity contribution in [2.45, 2.75) is 78.4 Å². The molecule has 1 aliphatic rings. The third-order valence-electron chi connectivity index (χ3n) is 6.50. The van der Waals surface area contributed by atoms with E-state index in [1.807, 2.05) is 11.0 Å². The van der Waals surface area contributed by atoms with Gasteiger partial charge in [-0.15, -0.1) is 0 Å². The Hall–Kier alpha value is -3.20. The monoisotopic (exact) mass is 494 g/mol. The van der Waals surface area contributed by atoms with Crippen molar-refractivity contribution in [2.75, 3.05) is 5.73 Å². The molecule has 3 heterocycles. The first-order valence-corrected chi connectivity index (χ1v) is 12.6. The summed E-state index contributed by atoms with van der Waals surface area (Å²) in [5.41, 5.74) is 9.98. The minimum atomic E-state index is -0.325. The molecule has 0 fully saturated rings. The zero-order valence-corrected chi connectivity index (χ0v) is 21.7. The van der Waals surface area contributed by atoms with Gasteiger partial charge in [-0.1, -0.05) is 38.0 Å². The minimum absolute atomic E-state index is 0.0265. The van der Waals surface area contributed by atoms with Gasteiger partial charge in [-0.2, -0.15) is 4.98 Å². The van der Waals surface area contributed by atoms with Gasteiger partial charge in [0.05, 0.1) is 6.54 Å². The van der Waals surface area contributed by atoms with Gasteiger partial charge >= 0.3 is 5.69 Å². The van der Waals surface area contributed by atoms with Crippen LogP contribution in [0.4, 0.5) is 5.82 Å². The van der Waals surface area contributed by atoms with Gasteiger partial charge in [0.2, 0.25) is 0 Å². The predicted octanol–water partition coefficient (Wildman–Crippen LogP) is 4.85. The second-order valence-electron chi connectivity index (χ2n) is 10.2. The summed E-state index contributed by atoms with van der Waals surface area (Å²) in [5.74, 6) is 0.299. The van der Waals surface area contributed by atoms with Crippen LogP contribution in [-0.2, 0) is 19.5 Å². The third kappa shape index (κ3) is 5.10. The van der Waals surface area contributed by atoms with Gasteiger partial charge in [-0.05, 0) is 75.0 Å². The molecule has 3 aromatic rings. The molecule has 4 rings (SSSR count). The van der Waals surface area contributed by atoms with Crippen LogP contribution in [0.15, 0.2) is 29.1 Å². The first-order chi connectivity index (χ1) is 16.6. The summed E-state index contributed by atoms with van der Waals surface area (Å²) in [6.07, 6.45) is 9.83. The van der Waals surface area contributed by atoms with E-state index in [4.69, 9.17) is 18.0 Å². The molecule has 9 heteroatoms. The summed E-state index contributed by atoms with van der Waals surface area (Å²) in [5, 5.41) is 0. The maximum atomic E-state index is 13.4. The average Bonchev–Trinajstić information content (AvgIpc) is 3.28. The van der Waals surface area contributed by atoms with Crippen LogP contribution in [0.25, 0.3) is 11.2 Å². The number of aromatic nitrogens is 4. The molecule has 0 radical (unpaired) electrons. The Kier molecular flexibility index (Phi) is 6.98. The molecule has 2 aromatic heterocycles. The van der Waals surface area contributed by atoms with Crippen LogP contribution in [0, 0.1) is 4.77 Å². The van der Waals surface area contributed by atoms with Crippen molar-refractivity contribution >= 4 is 35.1 Å². The van der Waals surface area contributed by atoms with Gasteiger partial charge in [-0.25, -0.2) is 4.79 Å². The Morgan fingerprint density at radius 1 is 1.17 bits per heavy atom. The van der Waals surface area contributed by atoms with Gasteiger partial charge < -0.3 is 20.6 Å². The van der Waals surface area contributed by atoms with Gasteiger partial charge in [0, 0.05) is 17.6 Å². The van der Waals surface area contributed by atoms with Gasteiger partial charge in [0.25, 0.3) is 5.91 Å². The van der Waals surface area contributed by atoms with Crippen molar-refractivity contribution in [1.82, 2.24) is 24.4 Å². The summed E-state index contributed by atoms with van der Waals surface area (Å²) in [7, 11) is 0.